The third kappa shape index (κ3) is 6.98. The Morgan fingerprint density at radius 3 is 2.38 bits per heavy atom. The SMILES string of the molecule is COCCOc1ccc(C(F)(F)F)cc1NC(=O)CCOc1cc(C)ccc1C. The Bertz CT molecular complexity index is 837. The van der Waals surface area contributed by atoms with E-state index in [1.807, 2.05) is 32.0 Å². The van der Waals surface area contributed by atoms with Gasteiger partial charge in [-0.05, 0) is 49.2 Å². The number of ether oxygens (including phenoxy) is 3. The number of aryl methyl sites for hydroxylation is 2. The number of alkyl halides is 3. The molecule has 0 heterocycles. The molecule has 1 N–H and O–H groups in total. The number of benzene rings is 2. The maximum Gasteiger partial charge on any atom is 0.416 e. The van der Waals surface area contributed by atoms with E-state index >= 15 is 0 Å². The van der Waals surface area contributed by atoms with Gasteiger partial charge in [0.05, 0.1) is 30.9 Å². The number of amides is 1. The van der Waals surface area contributed by atoms with Crippen molar-refractivity contribution in [3.63, 3.8) is 0 Å². The minimum absolute atomic E-state index is 0.0266. The van der Waals surface area contributed by atoms with Crippen LogP contribution in [0.5, 0.6) is 11.5 Å². The van der Waals surface area contributed by atoms with Gasteiger partial charge in [0.1, 0.15) is 18.1 Å². The number of rotatable bonds is 9. The normalized spacial score (nSPS) is 11.2. The van der Waals surface area contributed by atoms with Gasteiger partial charge in [0, 0.05) is 7.11 Å². The quantitative estimate of drug-likeness (QED) is 0.605. The number of methoxy groups -OCH3 is 1. The molecule has 0 aromatic heterocycles. The molecule has 0 aliphatic carbocycles. The Labute approximate surface area is 167 Å². The van der Waals surface area contributed by atoms with E-state index in [-0.39, 0.29) is 37.7 Å². The summed E-state index contributed by atoms with van der Waals surface area (Å²) in [5, 5.41) is 2.48. The Balaban J connectivity index is 2.03. The Morgan fingerprint density at radius 1 is 0.966 bits per heavy atom. The van der Waals surface area contributed by atoms with Crippen molar-refractivity contribution >= 4 is 11.6 Å². The third-order valence-electron chi connectivity index (χ3n) is 4.06. The topological polar surface area (TPSA) is 56.8 Å². The largest absolute Gasteiger partial charge is 0.493 e. The molecule has 0 spiro atoms. The maximum atomic E-state index is 13.0. The summed E-state index contributed by atoms with van der Waals surface area (Å²) in [4.78, 5) is 12.2. The van der Waals surface area contributed by atoms with Crippen LogP contribution in [0.25, 0.3) is 0 Å². The average Bonchev–Trinajstić information content (AvgIpc) is 2.65. The van der Waals surface area contributed by atoms with Crippen LogP contribution in [0.2, 0.25) is 0 Å². The van der Waals surface area contributed by atoms with E-state index in [0.29, 0.717) is 5.75 Å². The molecule has 29 heavy (non-hydrogen) atoms. The van der Waals surface area contributed by atoms with Gasteiger partial charge in [-0.1, -0.05) is 12.1 Å². The fourth-order valence-corrected chi connectivity index (χ4v) is 2.49. The second-order valence-corrected chi connectivity index (χ2v) is 6.47. The van der Waals surface area contributed by atoms with Crippen molar-refractivity contribution in [3.05, 3.63) is 53.1 Å². The van der Waals surface area contributed by atoms with Crippen molar-refractivity contribution in [1.29, 1.82) is 0 Å². The molecule has 0 atom stereocenters. The fraction of sp³-hybridized carbons (Fsp3) is 0.381. The molecule has 2 aromatic carbocycles. The predicted molar refractivity (Wildman–Crippen MR) is 103 cm³/mol. The van der Waals surface area contributed by atoms with Crippen LogP contribution in [-0.2, 0) is 15.7 Å². The zero-order chi connectivity index (χ0) is 21.4. The Kier molecular flexibility index (Phi) is 7.90. The smallest absolute Gasteiger partial charge is 0.416 e. The molecular weight excluding hydrogens is 387 g/mol. The summed E-state index contributed by atoms with van der Waals surface area (Å²) < 4.78 is 54.9. The van der Waals surface area contributed by atoms with E-state index in [1.54, 1.807) is 0 Å². The predicted octanol–water partition coefficient (Wildman–Crippen LogP) is 4.76. The Hall–Kier alpha value is -2.74. The van der Waals surface area contributed by atoms with E-state index in [0.717, 1.165) is 23.3 Å². The lowest BCUT2D eigenvalue weighted by atomic mass is 10.1. The first kappa shape index (κ1) is 22.5. The molecule has 0 fully saturated rings. The molecule has 1 amide bonds. The van der Waals surface area contributed by atoms with Crippen molar-refractivity contribution in [2.75, 3.05) is 32.2 Å². The second-order valence-electron chi connectivity index (χ2n) is 6.47. The second kappa shape index (κ2) is 10.2. The molecule has 0 aliphatic heterocycles. The van der Waals surface area contributed by atoms with Gasteiger partial charge in [-0.3, -0.25) is 4.79 Å². The summed E-state index contributed by atoms with van der Waals surface area (Å²) in [7, 11) is 1.48. The van der Waals surface area contributed by atoms with E-state index in [4.69, 9.17) is 14.2 Å². The van der Waals surface area contributed by atoms with E-state index in [1.165, 1.54) is 13.2 Å². The van der Waals surface area contributed by atoms with Gasteiger partial charge in [-0.15, -0.1) is 0 Å². The molecule has 0 radical (unpaired) electrons. The minimum Gasteiger partial charge on any atom is -0.493 e. The van der Waals surface area contributed by atoms with Gasteiger partial charge in [0.25, 0.3) is 0 Å². The van der Waals surface area contributed by atoms with Gasteiger partial charge in [-0.25, -0.2) is 0 Å². The molecular formula is C21H24F3NO4. The van der Waals surface area contributed by atoms with E-state index in [9.17, 15) is 18.0 Å². The van der Waals surface area contributed by atoms with Crippen LogP contribution in [0, 0.1) is 13.8 Å². The highest BCUT2D eigenvalue weighted by Gasteiger charge is 2.31. The first-order valence-corrected chi connectivity index (χ1v) is 9.03. The zero-order valence-corrected chi connectivity index (χ0v) is 16.6. The molecule has 0 unspecified atom stereocenters. The number of nitrogens with one attached hydrogen (secondary N) is 1. The summed E-state index contributed by atoms with van der Waals surface area (Å²) in [5.41, 5.74) is 1.03. The van der Waals surface area contributed by atoms with Crippen molar-refractivity contribution in [2.24, 2.45) is 0 Å². The molecule has 2 aromatic rings. The number of hydrogen-bond acceptors (Lipinski definition) is 4. The lowest BCUT2D eigenvalue weighted by Gasteiger charge is -2.15. The average molecular weight is 411 g/mol. The summed E-state index contributed by atoms with van der Waals surface area (Å²) >= 11 is 0. The summed E-state index contributed by atoms with van der Waals surface area (Å²) in [5.74, 6) is 0.325. The number of carbonyl (C=O) groups is 1. The summed E-state index contributed by atoms with van der Waals surface area (Å²) in [6.45, 7) is 4.31. The van der Waals surface area contributed by atoms with Crippen molar-refractivity contribution in [2.45, 2.75) is 26.4 Å². The number of hydrogen-bond donors (Lipinski definition) is 1. The summed E-state index contributed by atoms with van der Waals surface area (Å²) in [6.07, 6.45) is -4.56. The van der Waals surface area contributed by atoms with Crippen molar-refractivity contribution in [1.82, 2.24) is 0 Å². The summed E-state index contributed by atoms with van der Waals surface area (Å²) in [6, 6.07) is 8.67. The molecule has 0 bridgehead atoms. The van der Waals surface area contributed by atoms with Crippen LogP contribution in [-0.4, -0.2) is 32.8 Å². The van der Waals surface area contributed by atoms with Crippen LogP contribution in [0.1, 0.15) is 23.1 Å². The Morgan fingerprint density at radius 2 is 1.69 bits per heavy atom. The molecule has 0 saturated heterocycles. The van der Waals surface area contributed by atoms with Crippen LogP contribution in [0.3, 0.4) is 0 Å². The highest BCUT2D eigenvalue weighted by Crippen LogP contribution is 2.35. The number of anilines is 1. The van der Waals surface area contributed by atoms with Crippen molar-refractivity contribution < 1.29 is 32.2 Å². The monoisotopic (exact) mass is 411 g/mol. The van der Waals surface area contributed by atoms with Gasteiger partial charge in [0.2, 0.25) is 5.91 Å². The van der Waals surface area contributed by atoms with Gasteiger partial charge >= 0.3 is 6.18 Å². The van der Waals surface area contributed by atoms with Crippen LogP contribution in [0.4, 0.5) is 18.9 Å². The van der Waals surface area contributed by atoms with Gasteiger partial charge in [0.15, 0.2) is 0 Å². The highest BCUT2D eigenvalue weighted by molar-refractivity contribution is 5.92. The van der Waals surface area contributed by atoms with Crippen LogP contribution >= 0.6 is 0 Å². The highest BCUT2D eigenvalue weighted by atomic mass is 19.4. The molecule has 5 nitrogen and oxygen atoms in total. The molecule has 8 heteroatoms. The molecule has 0 saturated carbocycles. The molecule has 158 valence electrons. The first-order chi connectivity index (χ1) is 13.7. The van der Waals surface area contributed by atoms with Crippen molar-refractivity contribution in [3.8, 4) is 11.5 Å². The minimum atomic E-state index is -4.53. The number of halogens is 3. The zero-order valence-electron chi connectivity index (χ0n) is 16.6. The maximum absolute atomic E-state index is 13.0. The lowest BCUT2D eigenvalue weighted by molar-refractivity contribution is -0.137. The van der Waals surface area contributed by atoms with E-state index < -0.39 is 17.6 Å². The molecule has 2 rings (SSSR count). The number of carbonyl (C=O) groups excluding carboxylic acids is 1. The first-order valence-electron chi connectivity index (χ1n) is 9.03. The molecule has 0 aliphatic rings. The van der Waals surface area contributed by atoms with Gasteiger partial charge in [-0.2, -0.15) is 13.2 Å². The fourth-order valence-electron chi connectivity index (χ4n) is 2.49. The van der Waals surface area contributed by atoms with Crippen LogP contribution < -0.4 is 14.8 Å². The third-order valence-corrected chi connectivity index (χ3v) is 4.06. The van der Waals surface area contributed by atoms with Gasteiger partial charge < -0.3 is 19.5 Å². The van der Waals surface area contributed by atoms with Crippen LogP contribution in [0.15, 0.2) is 36.4 Å². The van der Waals surface area contributed by atoms with E-state index in [2.05, 4.69) is 5.32 Å². The lowest BCUT2D eigenvalue weighted by Crippen LogP contribution is -2.17. The standard InChI is InChI=1S/C21H24F3NO4/c1-14-4-5-15(2)19(12-14)28-9-8-20(26)25-17-13-16(21(22,23)24)6-7-18(17)29-11-10-27-3/h4-7,12-13H,8-11H2,1-3H3,(H,25,26).